The van der Waals surface area contributed by atoms with Crippen molar-refractivity contribution in [3.63, 3.8) is 0 Å². The van der Waals surface area contributed by atoms with Crippen molar-refractivity contribution in [2.24, 2.45) is 7.05 Å². The summed E-state index contributed by atoms with van der Waals surface area (Å²) in [7, 11) is 5.61. The van der Waals surface area contributed by atoms with Gasteiger partial charge in [0.15, 0.2) is 0 Å². The lowest BCUT2D eigenvalue weighted by Crippen LogP contribution is -2.52. The van der Waals surface area contributed by atoms with E-state index in [-0.39, 0.29) is 23.8 Å². The summed E-state index contributed by atoms with van der Waals surface area (Å²) in [6.45, 7) is 6.35. The lowest BCUT2D eigenvalue weighted by molar-refractivity contribution is -0.137. The molecule has 296 valence electrons. The minimum Gasteiger partial charge on any atom is -0.497 e. The highest BCUT2D eigenvalue weighted by molar-refractivity contribution is 6.05. The van der Waals surface area contributed by atoms with E-state index in [2.05, 4.69) is 74.6 Å². The summed E-state index contributed by atoms with van der Waals surface area (Å²) in [6.07, 6.45) is 3.62. The third kappa shape index (κ3) is 7.73. The van der Waals surface area contributed by atoms with Gasteiger partial charge in [-0.1, -0.05) is 30.0 Å². The number of aromatic nitrogens is 2. The van der Waals surface area contributed by atoms with Crippen LogP contribution in [0.3, 0.4) is 0 Å². The minimum absolute atomic E-state index is 0.0110. The number of aryl methyl sites for hydroxylation is 3. The number of imide groups is 1. The number of ether oxygens (including phenoxy) is 1. The number of piperidine rings is 1. The van der Waals surface area contributed by atoms with Crippen molar-refractivity contribution >= 4 is 52.1 Å². The number of anilines is 3. The summed E-state index contributed by atoms with van der Waals surface area (Å²) in [5.41, 5.74) is 10.3. The van der Waals surface area contributed by atoms with Gasteiger partial charge in [0, 0.05) is 105 Å². The van der Waals surface area contributed by atoms with E-state index in [1.807, 2.05) is 51.4 Å². The van der Waals surface area contributed by atoms with Gasteiger partial charge in [0.25, 0.3) is 11.5 Å². The van der Waals surface area contributed by atoms with E-state index in [4.69, 9.17) is 4.74 Å². The predicted molar refractivity (Wildman–Crippen MR) is 223 cm³/mol. The summed E-state index contributed by atoms with van der Waals surface area (Å²) in [4.78, 5) is 69.4. The molecule has 2 N–H and O–H groups in total. The van der Waals surface area contributed by atoms with Crippen molar-refractivity contribution in [1.82, 2.24) is 25.1 Å². The molecule has 13 nitrogen and oxygen atoms in total. The smallest absolute Gasteiger partial charge is 0.255 e. The maximum atomic E-state index is 12.7. The number of carbonyl (C=O) groups is 4. The predicted octanol–water partition coefficient (Wildman–Crippen LogP) is 4.75. The first-order chi connectivity index (χ1) is 28.0. The average molecular weight is 780 g/mol. The van der Waals surface area contributed by atoms with Gasteiger partial charge < -0.3 is 29.3 Å². The summed E-state index contributed by atoms with van der Waals surface area (Å²) in [5.74, 6) is 5.78. The van der Waals surface area contributed by atoms with Crippen LogP contribution in [-0.4, -0.2) is 78.4 Å². The van der Waals surface area contributed by atoms with Crippen LogP contribution in [0.5, 0.6) is 5.75 Å². The topological polar surface area (TPSA) is 146 Å². The lowest BCUT2D eigenvalue weighted by atomic mass is 10.0. The maximum Gasteiger partial charge on any atom is 0.255 e. The molecule has 0 aliphatic carbocycles. The Balaban J connectivity index is 0.000000184. The Hall–Kier alpha value is -6.94. The number of benzene rings is 3. The Morgan fingerprint density at radius 2 is 1.76 bits per heavy atom. The number of amides is 4. The fourth-order valence-electron chi connectivity index (χ4n) is 7.69. The molecule has 0 radical (unpaired) electrons. The average Bonchev–Trinajstić information content (AvgIpc) is 3.56. The normalized spacial score (nSPS) is 15.8. The van der Waals surface area contributed by atoms with Crippen molar-refractivity contribution in [3.8, 4) is 28.7 Å². The molecule has 3 aliphatic heterocycles. The molecule has 1 fully saturated rings. The van der Waals surface area contributed by atoms with Crippen molar-refractivity contribution < 1.29 is 23.9 Å². The Morgan fingerprint density at radius 1 is 0.948 bits per heavy atom. The summed E-state index contributed by atoms with van der Waals surface area (Å²) >= 11 is 0. The minimum atomic E-state index is -0.629. The highest BCUT2D eigenvalue weighted by Gasteiger charge is 2.39. The van der Waals surface area contributed by atoms with Gasteiger partial charge in [-0.15, -0.1) is 0 Å². The monoisotopic (exact) mass is 779 g/mol. The first-order valence-corrected chi connectivity index (χ1v) is 19.2. The Kier molecular flexibility index (Phi) is 11.3. The van der Waals surface area contributed by atoms with E-state index in [0.29, 0.717) is 37.9 Å². The van der Waals surface area contributed by atoms with Crippen LogP contribution in [0.2, 0.25) is 0 Å². The molecule has 5 aromatic rings. The van der Waals surface area contributed by atoms with Crippen molar-refractivity contribution in [2.45, 2.75) is 45.7 Å². The second-order valence-corrected chi connectivity index (χ2v) is 14.6. The number of nitrogens with zero attached hydrogens (tertiary/aromatic N) is 5. The quantitative estimate of drug-likeness (QED) is 0.104. The van der Waals surface area contributed by atoms with Crippen LogP contribution in [0.1, 0.15) is 52.0 Å². The molecule has 5 heterocycles. The molecule has 1 atom stereocenters. The zero-order valence-corrected chi connectivity index (χ0v) is 33.2. The maximum absolute atomic E-state index is 12.7. The molecule has 2 aromatic heterocycles. The zero-order chi connectivity index (χ0) is 41.1. The van der Waals surface area contributed by atoms with Crippen molar-refractivity contribution in [1.29, 1.82) is 0 Å². The van der Waals surface area contributed by atoms with Gasteiger partial charge >= 0.3 is 0 Å². The van der Waals surface area contributed by atoms with Gasteiger partial charge in [-0.3, -0.25) is 34.3 Å². The number of pyridine rings is 2. The molecule has 1 unspecified atom stereocenters. The molecule has 0 saturated carbocycles. The molecule has 8 rings (SSSR count). The van der Waals surface area contributed by atoms with Crippen LogP contribution in [0.4, 0.5) is 17.1 Å². The first-order valence-electron chi connectivity index (χ1n) is 19.2. The van der Waals surface area contributed by atoms with E-state index in [1.54, 1.807) is 23.8 Å². The molecule has 0 spiro atoms. The number of nitrogens with one attached hydrogen (secondary N) is 2. The molecule has 4 amide bonds. The van der Waals surface area contributed by atoms with Crippen molar-refractivity contribution in [3.05, 3.63) is 111 Å². The van der Waals surface area contributed by atoms with E-state index in [9.17, 15) is 24.0 Å². The summed E-state index contributed by atoms with van der Waals surface area (Å²) in [6, 6.07) is 21.4. The largest absolute Gasteiger partial charge is 0.497 e. The highest BCUT2D eigenvalue weighted by atomic mass is 16.5. The van der Waals surface area contributed by atoms with E-state index in [0.717, 1.165) is 80.3 Å². The number of hydrogen-bond acceptors (Lipinski definition) is 9. The first kappa shape index (κ1) is 39.3. The van der Waals surface area contributed by atoms with Gasteiger partial charge in [-0.05, 0) is 67.8 Å². The molecule has 3 aliphatic rings. The Labute approximate surface area is 336 Å². The van der Waals surface area contributed by atoms with Gasteiger partial charge in [0.2, 0.25) is 18.2 Å². The standard InChI is InChI=1S/C27H28N4O2.C18H17N3O4/c1-17-12-22-24(30(4)27(17)32)14-21(33-5)15-25(22)31-11-10-29(3)26-13-19(8-9-23(26)31)20-7-6-18(2)28-16-20;22-11-19-9-2-1-4-12-5-3-6-13-14(12)10-21(18(13)25)15-7-8-16(23)20-17(15)24/h6-9,12-16H,10-11H2,1-5H3;3,5-6,11,15H,2,7-10H2,(H,19,22)(H,20,23,24). The number of carbonyl (C=O) groups excluding carboxylic acids is 4. The number of likely N-dealkylation sites (N-methyl/N-ethyl adjacent to an activating group) is 1. The van der Waals surface area contributed by atoms with Crippen LogP contribution >= 0.6 is 0 Å². The van der Waals surface area contributed by atoms with Gasteiger partial charge in [0.05, 0.1) is 29.7 Å². The highest BCUT2D eigenvalue weighted by Crippen LogP contribution is 2.43. The van der Waals surface area contributed by atoms with Crippen LogP contribution in [0.25, 0.3) is 22.0 Å². The van der Waals surface area contributed by atoms with Crippen molar-refractivity contribution in [2.75, 3.05) is 43.6 Å². The SMILES string of the molecule is COc1cc(N2CCN(C)c3cc(-c4ccc(C)nc4)ccc32)c2cc(C)c(=O)n(C)c2c1.O=CNCCC#Cc1cccc2c1CN(C1CCC(=O)NC1=O)C2=O. The molecular formula is C45H45N7O6. The number of hydrogen-bond donors (Lipinski definition) is 2. The number of methoxy groups -OCH3 is 1. The zero-order valence-electron chi connectivity index (χ0n) is 33.2. The molecule has 0 bridgehead atoms. The lowest BCUT2D eigenvalue weighted by Gasteiger charge is -2.38. The fourth-order valence-corrected chi connectivity index (χ4v) is 7.69. The van der Waals surface area contributed by atoms with E-state index >= 15 is 0 Å². The molecule has 1 saturated heterocycles. The van der Waals surface area contributed by atoms with E-state index in [1.165, 1.54) is 4.90 Å². The second kappa shape index (κ2) is 16.7. The Bertz CT molecular complexity index is 2570. The molecule has 3 aromatic carbocycles. The van der Waals surface area contributed by atoms with E-state index < -0.39 is 11.9 Å². The third-order valence-corrected chi connectivity index (χ3v) is 10.9. The number of rotatable bonds is 7. The fraction of sp³-hybridized carbons (Fsp3) is 0.289. The molecular weight excluding hydrogens is 735 g/mol. The van der Waals surface area contributed by atoms with Gasteiger partial charge in [-0.2, -0.15) is 0 Å². The van der Waals surface area contributed by atoms with Crippen LogP contribution < -0.4 is 30.7 Å². The van der Waals surface area contributed by atoms with Gasteiger partial charge in [-0.25, -0.2) is 0 Å². The van der Waals surface area contributed by atoms with Crippen LogP contribution in [0, 0.1) is 25.7 Å². The Morgan fingerprint density at radius 3 is 2.50 bits per heavy atom. The van der Waals surface area contributed by atoms with Crippen LogP contribution in [-0.2, 0) is 28.0 Å². The van der Waals surface area contributed by atoms with Crippen LogP contribution in [0.15, 0.2) is 77.7 Å². The summed E-state index contributed by atoms with van der Waals surface area (Å²) < 4.78 is 7.32. The number of fused-ring (bicyclic) bond motifs is 3. The third-order valence-electron chi connectivity index (χ3n) is 10.9. The molecule has 58 heavy (non-hydrogen) atoms. The molecule has 13 heteroatoms. The summed E-state index contributed by atoms with van der Waals surface area (Å²) in [5, 5.41) is 5.86. The second-order valence-electron chi connectivity index (χ2n) is 14.6. The van der Waals surface area contributed by atoms with Gasteiger partial charge in [0.1, 0.15) is 11.8 Å².